The standard InChI is InChI=1S/C11H8BrF3N2O2S/c12-6-1-8(11(13,14)15)10-9(2-6)16-5-17(10)7-3-20(18,19)4-7/h1-2,5,7H,3-4H2. The van der Waals surface area contributed by atoms with Crippen LogP contribution in [-0.2, 0) is 16.0 Å². The molecule has 0 bridgehead atoms. The molecule has 0 unspecified atom stereocenters. The Balaban J connectivity index is 2.20. The third-order valence-electron chi connectivity index (χ3n) is 3.23. The molecule has 0 spiro atoms. The van der Waals surface area contributed by atoms with Crippen molar-refractivity contribution in [2.24, 2.45) is 0 Å². The summed E-state index contributed by atoms with van der Waals surface area (Å²) >= 11 is 3.03. The van der Waals surface area contributed by atoms with Crippen LogP contribution in [0.4, 0.5) is 13.2 Å². The van der Waals surface area contributed by atoms with Crippen LogP contribution in [0.5, 0.6) is 0 Å². The summed E-state index contributed by atoms with van der Waals surface area (Å²) in [4.78, 5) is 3.94. The molecule has 0 radical (unpaired) electrons. The first-order valence-corrected chi connectivity index (χ1v) is 8.22. The van der Waals surface area contributed by atoms with Crippen LogP contribution in [0.2, 0.25) is 0 Å². The zero-order chi connectivity index (χ0) is 14.7. The van der Waals surface area contributed by atoms with Crippen LogP contribution in [0.3, 0.4) is 0 Å². The van der Waals surface area contributed by atoms with Crippen LogP contribution < -0.4 is 0 Å². The van der Waals surface area contributed by atoms with Gasteiger partial charge in [0.25, 0.3) is 0 Å². The number of rotatable bonds is 1. The molecule has 1 fully saturated rings. The number of hydrogen-bond acceptors (Lipinski definition) is 3. The summed E-state index contributed by atoms with van der Waals surface area (Å²) in [5.74, 6) is -0.294. The summed E-state index contributed by atoms with van der Waals surface area (Å²) in [6, 6.07) is 1.98. The molecule has 0 atom stereocenters. The summed E-state index contributed by atoms with van der Waals surface area (Å²) in [6.07, 6.45) is -3.26. The van der Waals surface area contributed by atoms with Crippen molar-refractivity contribution in [1.82, 2.24) is 9.55 Å². The van der Waals surface area contributed by atoms with E-state index in [2.05, 4.69) is 20.9 Å². The maximum Gasteiger partial charge on any atom is 0.418 e. The maximum absolute atomic E-state index is 13.1. The van der Waals surface area contributed by atoms with Gasteiger partial charge in [0, 0.05) is 4.47 Å². The number of aromatic nitrogens is 2. The smallest absolute Gasteiger partial charge is 0.325 e. The van der Waals surface area contributed by atoms with E-state index >= 15 is 0 Å². The van der Waals surface area contributed by atoms with E-state index in [4.69, 9.17) is 0 Å². The molecular formula is C11H8BrF3N2O2S. The Hall–Kier alpha value is -1.09. The van der Waals surface area contributed by atoms with Crippen LogP contribution in [-0.4, -0.2) is 29.5 Å². The topological polar surface area (TPSA) is 52.0 Å². The van der Waals surface area contributed by atoms with Gasteiger partial charge in [-0.3, -0.25) is 0 Å². The molecule has 2 heterocycles. The molecule has 9 heteroatoms. The van der Waals surface area contributed by atoms with Crippen LogP contribution in [0.25, 0.3) is 11.0 Å². The molecule has 0 amide bonds. The number of halogens is 4. The zero-order valence-electron chi connectivity index (χ0n) is 9.85. The van der Waals surface area contributed by atoms with Gasteiger partial charge in [0.05, 0.1) is 40.5 Å². The van der Waals surface area contributed by atoms with Gasteiger partial charge in [-0.1, -0.05) is 15.9 Å². The highest BCUT2D eigenvalue weighted by Crippen LogP contribution is 2.38. The van der Waals surface area contributed by atoms with Crippen LogP contribution in [0, 0.1) is 0 Å². The summed E-state index contributed by atoms with van der Waals surface area (Å²) in [5, 5.41) is 0. The Bertz CT molecular complexity index is 786. The fraction of sp³-hybridized carbons (Fsp3) is 0.364. The van der Waals surface area contributed by atoms with E-state index in [-0.39, 0.29) is 27.0 Å². The first-order chi connectivity index (χ1) is 9.17. The molecule has 108 valence electrons. The molecule has 1 aliphatic heterocycles. The van der Waals surface area contributed by atoms with E-state index in [1.807, 2.05) is 0 Å². The van der Waals surface area contributed by atoms with Crippen molar-refractivity contribution in [2.75, 3.05) is 11.5 Å². The number of fused-ring (bicyclic) bond motifs is 1. The van der Waals surface area contributed by atoms with Crippen molar-refractivity contribution in [3.05, 3.63) is 28.5 Å². The van der Waals surface area contributed by atoms with Gasteiger partial charge in [-0.05, 0) is 12.1 Å². The average molecular weight is 369 g/mol. The second-order valence-corrected chi connectivity index (χ2v) is 7.77. The number of imidazole rings is 1. The summed E-state index contributed by atoms with van der Waals surface area (Å²) in [7, 11) is -3.12. The lowest BCUT2D eigenvalue weighted by molar-refractivity contribution is -0.136. The predicted octanol–water partition coefficient (Wildman–Crippen LogP) is 2.79. The SMILES string of the molecule is O=S1(=O)CC(n2cnc3cc(Br)cc(C(F)(F)F)c32)C1. The van der Waals surface area contributed by atoms with Gasteiger partial charge in [-0.2, -0.15) is 13.2 Å². The van der Waals surface area contributed by atoms with Gasteiger partial charge < -0.3 is 4.57 Å². The van der Waals surface area contributed by atoms with E-state index in [9.17, 15) is 21.6 Å². The fourth-order valence-electron chi connectivity index (χ4n) is 2.33. The molecule has 4 nitrogen and oxygen atoms in total. The lowest BCUT2D eigenvalue weighted by atomic mass is 10.1. The minimum Gasteiger partial charge on any atom is -0.325 e. The van der Waals surface area contributed by atoms with E-state index in [1.54, 1.807) is 0 Å². The predicted molar refractivity (Wildman–Crippen MR) is 70.1 cm³/mol. The van der Waals surface area contributed by atoms with Gasteiger partial charge in [0.1, 0.15) is 0 Å². The Morgan fingerprint density at radius 2 is 1.95 bits per heavy atom. The van der Waals surface area contributed by atoms with Gasteiger partial charge in [0.2, 0.25) is 0 Å². The third kappa shape index (κ3) is 2.22. The van der Waals surface area contributed by atoms with Crippen molar-refractivity contribution >= 4 is 36.8 Å². The molecule has 1 aromatic heterocycles. The maximum atomic E-state index is 13.1. The molecule has 3 rings (SSSR count). The highest BCUT2D eigenvalue weighted by Gasteiger charge is 2.39. The fourth-order valence-corrected chi connectivity index (χ4v) is 4.17. The molecule has 2 aromatic rings. The van der Waals surface area contributed by atoms with Crippen LogP contribution in [0.1, 0.15) is 11.6 Å². The molecule has 1 aromatic carbocycles. The Labute approximate surface area is 120 Å². The molecule has 0 aliphatic carbocycles. The number of nitrogens with zero attached hydrogens (tertiary/aromatic N) is 2. The first-order valence-electron chi connectivity index (χ1n) is 5.61. The van der Waals surface area contributed by atoms with Gasteiger partial charge in [0.15, 0.2) is 9.84 Å². The van der Waals surface area contributed by atoms with Crippen molar-refractivity contribution in [2.45, 2.75) is 12.2 Å². The average Bonchev–Trinajstić information content (AvgIpc) is 2.66. The quantitative estimate of drug-likeness (QED) is 0.777. The lowest BCUT2D eigenvalue weighted by Gasteiger charge is -2.28. The first kappa shape index (κ1) is 13.9. The lowest BCUT2D eigenvalue weighted by Crippen LogP contribution is -2.38. The monoisotopic (exact) mass is 368 g/mol. The van der Waals surface area contributed by atoms with Crippen LogP contribution >= 0.6 is 15.9 Å². The highest BCUT2D eigenvalue weighted by atomic mass is 79.9. The number of alkyl halides is 3. The van der Waals surface area contributed by atoms with Gasteiger partial charge in [-0.15, -0.1) is 0 Å². The van der Waals surface area contributed by atoms with Crippen molar-refractivity contribution < 1.29 is 21.6 Å². The minimum absolute atomic E-state index is 0.0689. The van der Waals surface area contributed by atoms with E-state index in [0.717, 1.165) is 6.07 Å². The van der Waals surface area contributed by atoms with Crippen molar-refractivity contribution in [3.8, 4) is 0 Å². The van der Waals surface area contributed by atoms with Gasteiger partial charge in [-0.25, -0.2) is 13.4 Å². The molecule has 1 saturated heterocycles. The van der Waals surface area contributed by atoms with E-state index < -0.39 is 27.6 Å². The molecule has 0 N–H and O–H groups in total. The normalized spacial score (nSPS) is 19.2. The highest BCUT2D eigenvalue weighted by molar-refractivity contribution is 9.10. The van der Waals surface area contributed by atoms with E-state index in [0.29, 0.717) is 0 Å². The van der Waals surface area contributed by atoms with Crippen molar-refractivity contribution in [3.63, 3.8) is 0 Å². The Kier molecular flexibility index (Phi) is 2.91. The summed E-state index contributed by atoms with van der Waals surface area (Å²) in [5.41, 5.74) is -0.694. The molecular weight excluding hydrogens is 361 g/mol. The number of hydrogen-bond donors (Lipinski definition) is 0. The number of sulfone groups is 1. The summed E-state index contributed by atoms with van der Waals surface area (Å²) < 4.78 is 63.3. The van der Waals surface area contributed by atoms with Gasteiger partial charge >= 0.3 is 6.18 Å². The second-order valence-electron chi connectivity index (χ2n) is 4.70. The molecule has 20 heavy (non-hydrogen) atoms. The summed E-state index contributed by atoms with van der Waals surface area (Å²) in [6.45, 7) is 0. The molecule has 0 saturated carbocycles. The van der Waals surface area contributed by atoms with E-state index in [1.165, 1.54) is 17.0 Å². The molecule has 1 aliphatic rings. The number of benzene rings is 1. The largest absolute Gasteiger partial charge is 0.418 e. The Morgan fingerprint density at radius 3 is 2.50 bits per heavy atom. The van der Waals surface area contributed by atoms with Crippen LogP contribution in [0.15, 0.2) is 22.9 Å². The minimum atomic E-state index is -4.53. The Morgan fingerprint density at radius 1 is 1.30 bits per heavy atom. The van der Waals surface area contributed by atoms with Crippen molar-refractivity contribution in [1.29, 1.82) is 0 Å². The second kappa shape index (κ2) is 4.20. The third-order valence-corrected chi connectivity index (χ3v) is 5.47. The zero-order valence-corrected chi connectivity index (χ0v) is 12.3.